The van der Waals surface area contributed by atoms with Crippen molar-refractivity contribution in [3.63, 3.8) is 0 Å². The van der Waals surface area contributed by atoms with Crippen molar-refractivity contribution in [1.29, 1.82) is 0 Å². The van der Waals surface area contributed by atoms with Gasteiger partial charge in [-0.15, -0.1) is 0 Å². The van der Waals surface area contributed by atoms with Crippen molar-refractivity contribution in [3.8, 4) is 46.0 Å². The van der Waals surface area contributed by atoms with E-state index in [0.717, 1.165) is 32.1 Å². The molecule has 2 aliphatic heterocycles. The molecule has 0 spiro atoms. The predicted octanol–water partition coefficient (Wildman–Crippen LogP) is 17.5. The summed E-state index contributed by atoms with van der Waals surface area (Å²) in [5, 5.41) is 23.6. The largest absolute Gasteiger partial charge is 0.480 e. The van der Waals surface area contributed by atoms with Crippen LogP contribution in [0, 0.1) is 11.8 Å². The van der Waals surface area contributed by atoms with Crippen molar-refractivity contribution in [3.05, 3.63) is 166 Å². The van der Waals surface area contributed by atoms with Crippen LogP contribution < -0.4 is 18.9 Å². The molecule has 452 valence electrons. The maximum Gasteiger partial charge on any atom is 0.327 e. The minimum absolute atomic E-state index is 0.0483. The molecule has 88 heavy (non-hydrogen) atoms. The highest BCUT2D eigenvalue weighted by molar-refractivity contribution is 6.45. The molecule has 4 amide bonds. The molecule has 0 saturated heterocycles. The Bertz CT molecular complexity index is 3850. The van der Waals surface area contributed by atoms with E-state index in [2.05, 4.69) is 83.1 Å². The van der Waals surface area contributed by atoms with Crippen LogP contribution in [-0.2, 0) is 31.2 Å². The summed E-state index contributed by atoms with van der Waals surface area (Å²) in [7, 11) is 0. The Balaban J connectivity index is 1.39. The first-order valence-corrected chi connectivity index (χ1v) is 29.9. The molecule has 11 rings (SSSR count). The van der Waals surface area contributed by atoms with Crippen LogP contribution in [0.4, 0.5) is 0 Å². The Labute approximate surface area is 512 Å². The molecule has 2 heterocycles. The molecule has 0 aliphatic carbocycles. The predicted molar refractivity (Wildman–Crippen MR) is 342 cm³/mol. The SMILES string of the molecule is CC(C)C(C(=O)O)N1C(=O)c2cc(Oc3ccc(C(C)(C)C)cc3)c3c4c(Oc5ccc(C(C)(C)C)cc5)cc5c6c(cc(Oc7ccc(C(C)(C)C)cc7)c(c7c(Oc8ccc(C(C)(C)C)cc8)cc(c2c37)C1=O)c64)C(=O)N(C(C(=O)O)C(C)C)C5=O. The van der Waals surface area contributed by atoms with Crippen molar-refractivity contribution in [2.45, 2.75) is 145 Å². The first-order chi connectivity index (χ1) is 41.1. The van der Waals surface area contributed by atoms with Crippen LogP contribution in [-0.4, -0.2) is 67.7 Å². The van der Waals surface area contributed by atoms with Crippen LogP contribution in [0.25, 0.3) is 43.1 Å². The molecule has 2 aliphatic rings. The lowest BCUT2D eigenvalue weighted by atomic mass is 9.80. The third-order valence-electron chi connectivity index (χ3n) is 17.1. The highest BCUT2D eigenvalue weighted by Gasteiger charge is 2.47. The average molecular weight is 1180 g/mol. The van der Waals surface area contributed by atoms with Gasteiger partial charge in [0.15, 0.2) is 0 Å². The molecule has 0 aromatic heterocycles. The Kier molecular flexibility index (Phi) is 14.6. The van der Waals surface area contributed by atoms with Crippen molar-refractivity contribution in [1.82, 2.24) is 9.80 Å². The van der Waals surface area contributed by atoms with Gasteiger partial charge in [0.05, 0.1) is 22.3 Å². The average Bonchev–Trinajstić information content (AvgIpc) is 0.694. The van der Waals surface area contributed by atoms with Gasteiger partial charge < -0.3 is 29.2 Å². The molecule has 9 aromatic carbocycles. The van der Waals surface area contributed by atoms with Crippen LogP contribution in [0.1, 0.15) is 174 Å². The number of hydrogen-bond acceptors (Lipinski definition) is 10. The number of benzene rings is 9. The maximum absolute atomic E-state index is 15.7. The zero-order valence-electron chi connectivity index (χ0n) is 52.7. The van der Waals surface area contributed by atoms with Crippen LogP contribution in [0.15, 0.2) is 121 Å². The standard InChI is InChI=1S/C74H74N2O12/c1-37(2)63(69(81)82)75-65(77)47-33-51(85-43-25-17-39(18-26-43)71(5,6)7)57-59-53(87-45-29-21-41(22-30-45)73(11,12)13)35-49-56-50(68(80)76(67(49)79)64(38(3)4)70(83)84)36-54(88-46-31-23-42(24-32-46)74(14,15)16)60(62(56)59)58-52(34-48(66(75)78)55(47)61(57)58)86-44-27-19-40(20-28-44)72(8,9)10/h17-38,63-64H,1-16H3,(H,81,82)(H,83,84). The van der Waals surface area contributed by atoms with E-state index >= 15 is 19.2 Å². The number of aliphatic carboxylic acids is 2. The lowest BCUT2D eigenvalue weighted by Gasteiger charge is -2.36. The van der Waals surface area contributed by atoms with E-state index < -0.39 is 59.5 Å². The van der Waals surface area contributed by atoms with Crippen LogP contribution in [0.5, 0.6) is 46.0 Å². The summed E-state index contributed by atoms with van der Waals surface area (Å²) >= 11 is 0. The Hall–Kier alpha value is -9.30. The number of carbonyl (C=O) groups excluding carboxylic acids is 4. The molecule has 2 N–H and O–H groups in total. The normalized spacial score (nSPS) is 14.7. The van der Waals surface area contributed by atoms with E-state index in [9.17, 15) is 19.8 Å². The fraction of sp³-hybridized carbons (Fsp3) is 0.324. The molecule has 9 aromatic rings. The Morgan fingerprint density at radius 3 is 0.682 bits per heavy atom. The van der Waals surface area contributed by atoms with Crippen molar-refractivity contribution < 1.29 is 57.9 Å². The van der Waals surface area contributed by atoms with Crippen molar-refractivity contribution in [2.75, 3.05) is 0 Å². The summed E-state index contributed by atoms with van der Waals surface area (Å²) in [6, 6.07) is 32.9. The molecule has 14 heteroatoms. The molecular weight excluding hydrogens is 1110 g/mol. The number of ether oxygens (including phenoxy) is 4. The second kappa shape index (κ2) is 21.2. The van der Waals surface area contributed by atoms with Gasteiger partial charge in [0, 0.05) is 43.1 Å². The molecule has 0 radical (unpaired) electrons. The van der Waals surface area contributed by atoms with E-state index in [0.29, 0.717) is 23.0 Å². The summed E-state index contributed by atoms with van der Waals surface area (Å²) < 4.78 is 28.6. The maximum atomic E-state index is 15.7. The van der Waals surface area contributed by atoms with Crippen LogP contribution in [0.2, 0.25) is 0 Å². The number of amides is 4. The summed E-state index contributed by atoms with van der Waals surface area (Å²) in [6.45, 7) is 31.6. The second-order valence-corrected chi connectivity index (χ2v) is 28.2. The molecular formula is C74H74N2O12. The number of rotatable bonds is 14. The molecule has 2 atom stereocenters. The van der Waals surface area contributed by atoms with Gasteiger partial charge in [0.1, 0.15) is 58.1 Å². The summed E-state index contributed by atoms with van der Waals surface area (Å²) in [6.07, 6.45) is 0. The number of carboxylic acids is 2. The number of carboxylic acid groups (broad SMARTS) is 2. The lowest BCUT2D eigenvalue weighted by molar-refractivity contribution is -0.144. The molecule has 0 fully saturated rings. The van der Waals surface area contributed by atoms with Gasteiger partial charge in [-0.3, -0.25) is 29.0 Å². The minimum Gasteiger partial charge on any atom is -0.480 e. The number of carbonyl (C=O) groups is 6. The highest BCUT2D eigenvalue weighted by atomic mass is 16.5. The van der Waals surface area contributed by atoms with E-state index in [1.54, 1.807) is 27.7 Å². The minimum atomic E-state index is -1.60. The van der Waals surface area contributed by atoms with Gasteiger partial charge in [-0.2, -0.15) is 0 Å². The smallest absolute Gasteiger partial charge is 0.327 e. The zero-order chi connectivity index (χ0) is 63.8. The van der Waals surface area contributed by atoms with Crippen LogP contribution in [0.3, 0.4) is 0 Å². The molecule has 0 saturated carbocycles. The van der Waals surface area contributed by atoms with E-state index in [4.69, 9.17) is 18.9 Å². The van der Waals surface area contributed by atoms with Gasteiger partial charge in [-0.1, -0.05) is 159 Å². The van der Waals surface area contributed by atoms with E-state index in [1.165, 1.54) is 24.3 Å². The number of nitrogens with zero attached hydrogens (tertiary/aromatic N) is 2. The first-order valence-electron chi connectivity index (χ1n) is 29.9. The number of fused-ring (bicyclic) bond motifs is 2. The van der Waals surface area contributed by atoms with Crippen molar-refractivity contribution >= 4 is 78.7 Å². The molecule has 0 bridgehead atoms. The monoisotopic (exact) mass is 1180 g/mol. The van der Waals surface area contributed by atoms with Gasteiger partial charge in [0.25, 0.3) is 23.6 Å². The molecule has 14 nitrogen and oxygen atoms in total. The highest BCUT2D eigenvalue weighted by Crippen LogP contribution is 2.58. The first kappa shape index (κ1) is 60.4. The Morgan fingerprint density at radius 1 is 0.330 bits per heavy atom. The fourth-order valence-corrected chi connectivity index (χ4v) is 12.4. The summed E-state index contributed by atoms with van der Waals surface area (Å²) in [5.74, 6) is -6.15. The van der Waals surface area contributed by atoms with Crippen LogP contribution >= 0.6 is 0 Å². The van der Waals surface area contributed by atoms with Gasteiger partial charge in [0.2, 0.25) is 0 Å². The second-order valence-electron chi connectivity index (χ2n) is 28.2. The number of imide groups is 2. The lowest BCUT2D eigenvalue weighted by Crippen LogP contribution is -2.53. The summed E-state index contributed by atoms with van der Waals surface area (Å²) in [4.78, 5) is 91.0. The van der Waals surface area contributed by atoms with E-state index in [-0.39, 0.29) is 110 Å². The van der Waals surface area contributed by atoms with Gasteiger partial charge >= 0.3 is 11.9 Å². The van der Waals surface area contributed by atoms with Gasteiger partial charge in [-0.05, 0) is 129 Å². The van der Waals surface area contributed by atoms with Gasteiger partial charge in [-0.25, -0.2) is 9.59 Å². The topological polar surface area (TPSA) is 186 Å². The van der Waals surface area contributed by atoms with Crippen molar-refractivity contribution in [2.24, 2.45) is 11.8 Å². The number of hydrogen-bond donors (Lipinski definition) is 2. The summed E-state index contributed by atoms with van der Waals surface area (Å²) in [5.41, 5.74) is 2.83. The molecule has 2 unspecified atom stereocenters. The third kappa shape index (κ3) is 10.3. The van der Waals surface area contributed by atoms with E-state index in [1.807, 2.05) is 97.1 Å². The fourth-order valence-electron chi connectivity index (χ4n) is 12.4. The zero-order valence-corrected chi connectivity index (χ0v) is 52.7. The third-order valence-corrected chi connectivity index (χ3v) is 17.1. The Morgan fingerprint density at radius 2 is 0.523 bits per heavy atom. The quantitative estimate of drug-likeness (QED) is 0.0597.